The number of amides is 2. The van der Waals surface area contributed by atoms with Gasteiger partial charge in [-0.1, -0.05) is 67.1 Å². The summed E-state index contributed by atoms with van der Waals surface area (Å²) in [6, 6.07) is 24.1. The minimum absolute atomic E-state index is 0.131. The van der Waals surface area contributed by atoms with E-state index in [0.717, 1.165) is 34.4 Å². The average Bonchev–Trinajstić information content (AvgIpc) is 3.25. The Morgan fingerprint density at radius 2 is 1.84 bits per heavy atom. The van der Waals surface area contributed by atoms with E-state index in [9.17, 15) is 14.0 Å². The van der Waals surface area contributed by atoms with Gasteiger partial charge in [0, 0.05) is 17.7 Å². The lowest BCUT2D eigenvalue weighted by Gasteiger charge is -2.23. The molecule has 0 unspecified atom stereocenters. The van der Waals surface area contributed by atoms with Crippen LogP contribution in [0.5, 0.6) is 0 Å². The molecule has 6 nitrogen and oxygen atoms in total. The molecule has 4 aromatic rings. The number of aromatic nitrogens is 2. The van der Waals surface area contributed by atoms with Gasteiger partial charge in [-0.25, -0.2) is 9.07 Å². The largest absolute Gasteiger partial charge is 0.355 e. The molecule has 1 N–H and O–H groups in total. The van der Waals surface area contributed by atoms with Crippen molar-refractivity contribution in [3.63, 3.8) is 0 Å². The van der Waals surface area contributed by atoms with Crippen molar-refractivity contribution < 1.29 is 14.0 Å². The van der Waals surface area contributed by atoms with Crippen LogP contribution in [0, 0.1) is 12.7 Å². The number of benzene rings is 3. The van der Waals surface area contributed by atoms with Gasteiger partial charge in [-0.05, 0) is 43.2 Å². The summed E-state index contributed by atoms with van der Waals surface area (Å²) in [4.78, 5) is 28.1. The Morgan fingerprint density at radius 3 is 2.55 bits per heavy atom. The van der Waals surface area contributed by atoms with Gasteiger partial charge < -0.3 is 5.32 Å². The summed E-state index contributed by atoms with van der Waals surface area (Å²) >= 11 is 1.53. The topological polar surface area (TPSA) is 67.2 Å². The van der Waals surface area contributed by atoms with Gasteiger partial charge in [0.05, 0.1) is 22.4 Å². The van der Waals surface area contributed by atoms with Crippen LogP contribution in [0.15, 0.2) is 78.9 Å². The normalized spacial score (nSPS) is 15.2. The van der Waals surface area contributed by atoms with E-state index < -0.39 is 0 Å². The Bertz CT molecular complexity index is 1450. The number of nitrogens with one attached hydrogen (secondary N) is 1. The van der Waals surface area contributed by atoms with Crippen LogP contribution in [0.3, 0.4) is 0 Å². The fourth-order valence-electron chi connectivity index (χ4n) is 4.65. The lowest BCUT2D eigenvalue weighted by atomic mass is 9.98. The molecule has 194 valence electrons. The molecule has 2 heterocycles. The number of thioether (sulfide) groups is 1. The highest BCUT2D eigenvalue weighted by Gasteiger charge is 2.37. The zero-order valence-corrected chi connectivity index (χ0v) is 22.2. The van der Waals surface area contributed by atoms with Crippen LogP contribution in [0.2, 0.25) is 0 Å². The molecule has 0 spiro atoms. The van der Waals surface area contributed by atoms with Crippen molar-refractivity contribution in [2.75, 3.05) is 23.7 Å². The second-order valence-electron chi connectivity index (χ2n) is 9.28. The first kappa shape index (κ1) is 25.7. The summed E-state index contributed by atoms with van der Waals surface area (Å²) in [7, 11) is 0. The van der Waals surface area contributed by atoms with Crippen molar-refractivity contribution in [3.05, 3.63) is 101 Å². The predicted octanol–water partition coefficient (Wildman–Crippen LogP) is 5.68. The van der Waals surface area contributed by atoms with Crippen LogP contribution in [0.4, 0.5) is 10.2 Å². The summed E-state index contributed by atoms with van der Waals surface area (Å²) < 4.78 is 15.6. The molecule has 0 bridgehead atoms. The molecule has 1 aliphatic rings. The Balaban J connectivity index is 1.78. The molecule has 0 radical (unpaired) electrons. The second kappa shape index (κ2) is 11.2. The van der Waals surface area contributed by atoms with E-state index in [0.29, 0.717) is 18.1 Å². The fourth-order valence-corrected chi connectivity index (χ4v) is 5.84. The number of rotatable bonds is 7. The summed E-state index contributed by atoms with van der Waals surface area (Å²) in [5.41, 5.74) is 5.24. The Kier molecular flexibility index (Phi) is 7.60. The van der Waals surface area contributed by atoms with Gasteiger partial charge in [-0.15, -0.1) is 11.8 Å². The third kappa shape index (κ3) is 5.22. The van der Waals surface area contributed by atoms with E-state index in [1.807, 2.05) is 56.3 Å². The number of halogens is 1. The third-order valence-electron chi connectivity index (χ3n) is 6.43. The van der Waals surface area contributed by atoms with Crippen LogP contribution in [-0.4, -0.2) is 40.4 Å². The molecule has 0 aliphatic carbocycles. The van der Waals surface area contributed by atoms with E-state index in [1.165, 1.54) is 28.8 Å². The number of aryl methyl sites for hydroxylation is 1. The van der Waals surface area contributed by atoms with Gasteiger partial charge in [0.15, 0.2) is 0 Å². The SMILES string of the molecule is CCCNC(=O)CN1C(=O)CS[C@@H](c2cccc(C)c2)c2c(-c3ccccc3)nn(-c3ccc(F)cc3)c21. The predicted molar refractivity (Wildman–Crippen MR) is 150 cm³/mol. The van der Waals surface area contributed by atoms with Crippen molar-refractivity contribution in [3.8, 4) is 16.9 Å². The van der Waals surface area contributed by atoms with Crippen LogP contribution < -0.4 is 10.2 Å². The summed E-state index contributed by atoms with van der Waals surface area (Å²) in [5.74, 6) is -0.0513. The first-order chi connectivity index (χ1) is 18.5. The lowest BCUT2D eigenvalue weighted by Crippen LogP contribution is -2.42. The van der Waals surface area contributed by atoms with Crippen molar-refractivity contribution in [1.29, 1.82) is 0 Å². The van der Waals surface area contributed by atoms with Gasteiger partial charge in [0.2, 0.25) is 11.8 Å². The van der Waals surface area contributed by atoms with Crippen molar-refractivity contribution in [2.24, 2.45) is 0 Å². The molecule has 1 atom stereocenters. The monoisotopic (exact) mass is 528 g/mol. The zero-order valence-electron chi connectivity index (χ0n) is 21.4. The maximum atomic E-state index is 13.9. The van der Waals surface area contributed by atoms with E-state index in [1.54, 1.807) is 16.8 Å². The van der Waals surface area contributed by atoms with E-state index in [4.69, 9.17) is 5.10 Å². The molecule has 2 amide bonds. The molecule has 1 aliphatic heterocycles. The van der Waals surface area contributed by atoms with E-state index in [-0.39, 0.29) is 35.2 Å². The maximum Gasteiger partial charge on any atom is 0.240 e. The zero-order chi connectivity index (χ0) is 26.6. The first-order valence-corrected chi connectivity index (χ1v) is 13.7. The molecule has 0 saturated heterocycles. The smallest absolute Gasteiger partial charge is 0.240 e. The number of hydrogen-bond acceptors (Lipinski definition) is 4. The van der Waals surface area contributed by atoms with Gasteiger partial charge in [-0.3, -0.25) is 14.5 Å². The highest BCUT2D eigenvalue weighted by atomic mass is 32.2. The van der Waals surface area contributed by atoms with Gasteiger partial charge in [0.25, 0.3) is 0 Å². The molecular formula is C30H29FN4O2S. The highest BCUT2D eigenvalue weighted by molar-refractivity contribution is 8.00. The molecule has 8 heteroatoms. The van der Waals surface area contributed by atoms with Gasteiger partial charge in [0.1, 0.15) is 18.2 Å². The number of carbonyl (C=O) groups is 2. The maximum absolute atomic E-state index is 13.9. The molecule has 0 fully saturated rings. The van der Waals surface area contributed by atoms with Gasteiger partial charge in [-0.2, -0.15) is 5.10 Å². The Labute approximate surface area is 225 Å². The Morgan fingerprint density at radius 1 is 1.08 bits per heavy atom. The summed E-state index contributed by atoms with van der Waals surface area (Å²) in [5, 5.41) is 7.69. The quantitative estimate of drug-likeness (QED) is 0.335. The fraction of sp³-hybridized carbons (Fsp3) is 0.233. The highest BCUT2D eigenvalue weighted by Crippen LogP contribution is 2.48. The molecule has 38 heavy (non-hydrogen) atoms. The first-order valence-electron chi connectivity index (χ1n) is 12.7. The van der Waals surface area contributed by atoms with Crippen LogP contribution in [0.25, 0.3) is 16.9 Å². The lowest BCUT2D eigenvalue weighted by molar-refractivity contribution is -0.122. The number of carbonyl (C=O) groups excluding carboxylic acids is 2. The van der Waals surface area contributed by atoms with Gasteiger partial charge >= 0.3 is 0 Å². The molecule has 5 rings (SSSR count). The Hall–Kier alpha value is -3.91. The second-order valence-corrected chi connectivity index (χ2v) is 10.4. The van der Waals surface area contributed by atoms with Crippen LogP contribution in [0.1, 0.15) is 35.3 Å². The third-order valence-corrected chi connectivity index (χ3v) is 7.68. The van der Waals surface area contributed by atoms with Crippen molar-refractivity contribution >= 4 is 29.4 Å². The molecule has 3 aromatic carbocycles. The van der Waals surface area contributed by atoms with Crippen LogP contribution in [-0.2, 0) is 9.59 Å². The minimum atomic E-state index is -0.365. The number of hydrogen-bond donors (Lipinski definition) is 1. The van der Waals surface area contributed by atoms with Crippen molar-refractivity contribution in [1.82, 2.24) is 15.1 Å². The molecule has 1 aromatic heterocycles. The standard InChI is InChI=1S/C30H29FN4O2S/c1-3-16-32-25(36)18-34-26(37)19-38-29(22-11-7-8-20(2)17-22)27-28(21-9-5-4-6-10-21)33-35(30(27)34)24-14-12-23(31)13-15-24/h4-15,17,29H,3,16,18-19H2,1-2H3,(H,32,36)/t29-/m0/s1. The number of nitrogens with zero attached hydrogens (tertiary/aromatic N) is 3. The number of fused-ring (bicyclic) bond motifs is 1. The average molecular weight is 529 g/mol. The van der Waals surface area contributed by atoms with Crippen molar-refractivity contribution in [2.45, 2.75) is 25.5 Å². The summed E-state index contributed by atoms with van der Waals surface area (Å²) in [6.07, 6.45) is 0.794. The molecule has 0 saturated carbocycles. The van der Waals surface area contributed by atoms with Crippen LogP contribution >= 0.6 is 11.8 Å². The van der Waals surface area contributed by atoms with E-state index in [2.05, 4.69) is 17.4 Å². The molecular weight excluding hydrogens is 499 g/mol. The number of anilines is 1. The summed E-state index contributed by atoms with van der Waals surface area (Å²) in [6.45, 7) is 4.42. The van der Waals surface area contributed by atoms with E-state index >= 15 is 0 Å². The minimum Gasteiger partial charge on any atom is -0.355 e.